The van der Waals surface area contributed by atoms with Crippen LogP contribution in [-0.4, -0.2) is 25.1 Å². The summed E-state index contributed by atoms with van der Waals surface area (Å²) in [5, 5.41) is 0. The fraction of sp³-hybridized carbons (Fsp3) is 0.533. The molecule has 0 amide bonds. The average molecular weight is 283 g/mol. The van der Waals surface area contributed by atoms with E-state index in [-0.39, 0.29) is 11.9 Å². The van der Waals surface area contributed by atoms with Gasteiger partial charge >= 0.3 is 5.97 Å². The molecule has 0 aromatic heterocycles. The second-order valence-corrected chi connectivity index (χ2v) is 5.02. The zero-order valence-electron chi connectivity index (χ0n) is 11.2. The van der Waals surface area contributed by atoms with Crippen LogP contribution >= 0.6 is 11.6 Å². The maximum absolute atomic E-state index is 11.6. The van der Waals surface area contributed by atoms with Gasteiger partial charge < -0.3 is 9.47 Å². The van der Waals surface area contributed by atoms with Gasteiger partial charge in [-0.3, -0.25) is 4.79 Å². The number of hydrogen-bond donors (Lipinski definition) is 0. The third-order valence-electron chi connectivity index (χ3n) is 3.38. The Kier molecular flexibility index (Phi) is 5.08. The van der Waals surface area contributed by atoms with Gasteiger partial charge in [0.2, 0.25) is 0 Å². The minimum atomic E-state index is -0.109. The fourth-order valence-electron chi connectivity index (χ4n) is 2.56. The van der Waals surface area contributed by atoms with E-state index < -0.39 is 0 Å². The molecule has 1 aromatic carbocycles. The molecule has 0 heterocycles. The highest BCUT2D eigenvalue weighted by Crippen LogP contribution is 2.37. The lowest BCUT2D eigenvalue weighted by Gasteiger charge is -2.11. The molecule has 1 aliphatic rings. The Morgan fingerprint density at radius 3 is 3.05 bits per heavy atom. The first-order valence-electron chi connectivity index (χ1n) is 6.71. The zero-order valence-corrected chi connectivity index (χ0v) is 11.9. The molecule has 1 unspecified atom stereocenters. The summed E-state index contributed by atoms with van der Waals surface area (Å²) in [5.74, 6) is 1.53. The van der Waals surface area contributed by atoms with Gasteiger partial charge in [-0.05, 0) is 48.9 Å². The van der Waals surface area contributed by atoms with Crippen LogP contribution in [0.5, 0.6) is 5.75 Å². The van der Waals surface area contributed by atoms with Gasteiger partial charge in [-0.25, -0.2) is 0 Å². The second-order valence-electron chi connectivity index (χ2n) is 4.64. The van der Waals surface area contributed by atoms with Gasteiger partial charge in [-0.15, -0.1) is 11.6 Å². The largest absolute Gasteiger partial charge is 0.492 e. The number of rotatable bonds is 6. The van der Waals surface area contributed by atoms with Gasteiger partial charge in [0.25, 0.3) is 0 Å². The maximum Gasteiger partial charge on any atom is 0.306 e. The SMILES string of the molecule is CCOC(=O)CC1CCc2cc(OCCCl)ccc21. The fourth-order valence-corrected chi connectivity index (χ4v) is 2.64. The van der Waals surface area contributed by atoms with E-state index in [4.69, 9.17) is 21.1 Å². The highest BCUT2D eigenvalue weighted by atomic mass is 35.5. The predicted molar refractivity (Wildman–Crippen MR) is 75.0 cm³/mol. The van der Waals surface area contributed by atoms with Gasteiger partial charge in [0.05, 0.1) is 18.9 Å². The van der Waals surface area contributed by atoms with E-state index in [2.05, 4.69) is 12.1 Å². The molecule has 0 saturated heterocycles. The first-order valence-corrected chi connectivity index (χ1v) is 7.25. The number of halogens is 1. The molecule has 0 bridgehead atoms. The van der Waals surface area contributed by atoms with E-state index >= 15 is 0 Å². The van der Waals surface area contributed by atoms with Crippen molar-refractivity contribution in [3.05, 3.63) is 29.3 Å². The second kappa shape index (κ2) is 6.80. The smallest absolute Gasteiger partial charge is 0.306 e. The summed E-state index contributed by atoms with van der Waals surface area (Å²) in [6, 6.07) is 6.08. The zero-order chi connectivity index (χ0) is 13.7. The third-order valence-corrected chi connectivity index (χ3v) is 3.53. The molecule has 0 spiro atoms. The van der Waals surface area contributed by atoms with Crippen LogP contribution in [0.1, 0.15) is 36.8 Å². The number of esters is 1. The quantitative estimate of drug-likeness (QED) is 0.593. The highest BCUT2D eigenvalue weighted by Gasteiger charge is 2.25. The molecular weight excluding hydrogens is 264 g/mol. The van der Waals surface area contributed by atoms with Crippen molar-refractivity contribution < 1.29 is 14.3 Å². The summed E-state index contributed by atoms with van der Waals surface area (Å²) in [7, 11) is 0. The van der Waals surface area contributed by atoms with Crippen LogP contribution in [0.3, 0.4) is 0 Å². The van der Waals surface area contributed by atoms with Crippen LogP contribution in [0, 0.1) is 0 Å². The van der Waals surface area contributed by atoms with Crippen molar-refractivity contribution in [2.24, 2.45) is 0 Å². The molecule has 0 aliphatic heterocycles. The lowest BCUT2D eigenvalue weighted by atomic mass is 9.98. The van der Waals surface area contributed by atoms with Crippen LogP contribution in [0.2, 0.25) is 0 Å². The summed E-state index contributed by atoms with van der Waals surface area (Å²) in [6.07, 6.45) is 2.48. The van der Waals surface area contributed by atoms with E-state index in [0.717, 1.165) is 18.6 Å². The van der Waals surface area contributed by atoms with E-state index in [1.807, 2.05) is 13.0 Å². The van der Waals surface area contributed by atoms with Crippen LogP contribution in [0.4, 0.5) is 0 Å². The molecule has 1 aliphatic carbocycles. The van der Waals surface area contributed by atoms with Crippen LogP contribution in [0.15, 0.2) is 18.2 Å². The number of alkyl halides is 1. The molecule has 0 saturated carbocycles. The molecule has 4 heteroatoms. The van der Waals surface area contributed by atoms with Crippen LogP contribution in [-0.2, 0) is 16.0 Å². The van der Waals surface area contributed by atoms with Crippen molar-refractivity contribution in [2.75, 3.05) is 19.1 Å². The number of carbonyl (C=O) groups excluding carboxylic acids is 1. The van der Waals surface area contributed by atoms with Crippen molar-refractivity contribution in [3.8, 4) is 5.75 Å². The van der Waals surface area contributed by atoms with E-state index in [1.165, 1.54) is 11.1 Å². The van der Waals surface area contributed by atoms with E-state index in [9.17, 15) is 4.79 Å². The average Bonchev–Trinajstić information content (AvgIpc) is 2.79. The monoisotopic (exact) mass is 282 g/mol. The molecule has 1 aromatic rings. The number of ether oxygens (including phenoxy) is 2. The van der Waals surface area contributed by atoms with Crippen molar-refractivity contribution in [2.45, 2.75) is 32.1 Å². The van der Waals surface area contributed by atoms with E-state index in [0.29, 0.717) is 25.5 Å². The van der Waals surface area contributed by atoms with Crippen molar-refractivity contribution in [3.63, 3.8) is 0 Å². The Morgan fingerprint density at radius 2 is 2.32 bits per heavy atom. The standard InChI is InChI=1S/C15H19ClO3/c1-2-18-15(17)10-12-4-3-11-9-13(19-8-7-16)5-6-14(11)12/h5-6,9,12H,2-4,7-8,10H2,1H3. The summed E-state index contributed by atoms with van der Waals surface area (Å²) in [6.45, 7) is 2.80. The predicted octanol–water partition coefficient (Wildman–Crippen LogP) is 3.29. The Bertz CT molecular complexity index is 445. The first kappa shape index (κ1) is 14.2. The van der Waals surface area contributed by atoms with Crippen molar-refractivity contribution >= 4 is 17.6 Å². The molecule has 1 atom stereocenters. The molecule has 3 nitrogen and oxygen atoms in total. The summed E-state index contributed by atoms with van der Waals surface area (Å²) in [5.41, 5.74) is 2.53. The van der Waals surface area contributed by atoms with Crippen LogP contribution < -0.4 is 4.74 Å². The van der Waals surface area contributed by atoms with Gasteiger partial charge in [-0.2, -0.15) is 0 Å². The van der Waals surface area contributed by atoms with Gasteiger partial charge in [0, 0.05) is 0 Å². The molecule has 0 fully saturated rings. The summed E-state index contributed by atoms with van der Waals surface area (Å²) < 4.78 is 10.5. The van der Waals surface area contributed by atoms with E-state index in [1.54, 1.807) is 0 Å². The topological polar surface area (TPSA) is 35.5 Å². The number of aryl methyl sites for hydroxylation is 1. The Hall–Kier alpha value is -1.22. The lowest BCUT2D eigenvalue weighted by molar-refractivity contribution is -0.143. The molecule has 104 valence electrons. The minimum Gasteiger partial charge on any atom is -0.492 e. The normalized spacial score (nSPS) is 17.1. The number of fused-ring (bicyclic) bond motifs is 1. The summed E-state index contributed by atoms with van der Waals surface area (Å²) >= 11 is 5.60. The Morgan fingerprint density at radius 1 is 1.47 bits per heavy atom. The van der Waals surface area contributed by atoms with Crippen molar-refractivity contribution in [1.29, 1.82) is 0 Å². The lowest BCUT2D eigenvalue weighted by Crippen LogP contribution is -2.08. The Balaban J connectivity index is 2.02. The molecule has 2 rings (SSSR count). The summed E-state index contributed by atoms with van der Waals surface area (Å²) in [4.78, 5) is 11.6. The molecule has 0 radical (unpaired) electrons. The number of hydrogen-bond acceptors (Lipinski definition) is 3. The third kappa shape index (κ3) is 3.63. The first-order chi connectivity index (χ1) is 9.24. The molecular formula is C15H19ClO3. The Labute approximate surface area is 118 Å². The molecule has 0 N–H and O–H groups in total. The maximum atomic E-state index is 11.6. The highest BCUT2D eigenvalue weighted by molar-refractivity contribution is 6.18. The minimum absolute atomic E-state index is 0.109. The van der Waals surface area contributed by atoms with Crippen LogP contribution in [0.25, 0.3) is 0 Å². The van der Waals surface area contributed by atoms with Crippen molar-refractivity contribution in [1.82, 2.24) is 0 Å². The number of carbonyl (C=O) groups is 1. The molecule has 19 heavy (non-hydrogen) atoms. The van der Waals surface area contributed by atoms with Gasteiger partial charge in [0.1, 0.15) is 12.4 Å². The van der Waals surface area contributed by atoms with Gasteiger partial charge in [0.15, 0.2) is 0 Å². The number of benzene rings is 1. The van der Waals surface area contributed by atoms with Gasteiger partial charge in [-0.1, -0.05) is 6.07 Å².